The van der Waals surface area contributed by atoms with Crippen LogP contribution in [0.4, 0.5) is 0 Å². The molecule has 0 aromatic carbocycles. The molecule has 1 unspecified atom stereocenters. The third-order valence-corrected chi connectivity index (χ3v) is 3.92. The second-order valence-corrected chi connectivity index (χ2v) is 4.14. The van der Waals surface area contributed by atoms with Crippen LogP contribution in [0.5, 0.6) is 0 Å². The van der Waals surface area contributed by atoms with Crippen molar-refractivity contribution < 1.29 is 0 Å². The summed E-state index contributed by atoms with van der Waals surface area (Å²) < 4.78 is 0. The summed E-state index contributed by atoms with van der Waals surface area (Å²) in [4.78, 5) is 0. The molecule has 0 N–H and O–H groups in total. The summed E-state index contributed by atoms with van der Waals surface area (Å²) in [5.74, 6) is 1.99. The fourth-order valence-corrected chi connectivity index (χ4v) is 2.77. The third-order valence-electron chi connectivity index (χ3n) is 3.92. The molecule has 2 aliphatic carbocycles. The van der Waals surface area contributed by atoms with Crippen LogP contribution in [0.25, 0.3) is 0 Å². The zero-order valence-electron chi connectivity index (χ0n) is 7.06. The minimum atomic E-state index is 0.720. The molecule has 10 heavy (non-hydrogen) atoms. The maximum absolute atomic E-state index is 2.60. The molecule has 0 nitrogen and oxygen atoms in total. The van der Waals surface area contributed by atoms with E-state index in [9.17, 15) is 0 Å². The molecule has 0 aliphatic heterocycles. The Bertz CT molecular complexity index is 121. The Hall–Kier alpha value is -0.130. The zero-order valence-corrected chi connectivity index (χ0v) is 7.06. The van der Waals surface area contributed by atoms with Gasteiger partial charge in [0.25, 0.3) is 0 Å². The molecule has 0 aromatic rings. The van der Waals surface area contributed by atoms with E-state index < -0.39 is 0 Å². The molecule has 0 saturated heterocycles. The molecule has 1 spiro atoms. The maximum atomic E-state index is 2.60. The third kappa shape index (κ3) is 0.652. The first-order chi connectivity index (χ1) is 4.77. The Morgan fingerprint density at radius 1 is 1.20 bits per heavy atom. The summed E-state index contributed by atoms with van der Waals surface area (Å²) in [5.41, 5.74) is 0.720. The van der Waals surface area contributed by atoms with E-state index >= 15 is 0 Å². The van der Waals surface area contributed by atoms with Gasteiger partial charge in [0.1, 0.15) is 5.41 Å². The Balaban J connectivity index is 2.03. The van der Waals surface area contributed by atoms with Crippen molar-refractivity contribution in [1.29, 1.82) is 0 Å². The average Bonchev–Trinajstić information content (AvgIpc) is 2.45. The lowest BCUT2D eigenvalue weighted by atomic mass is 9.83. The Labute approximate surface area is 64.0 Å². The summed E-state index contributed by atoms with van der Waals surface area (Å²) in [6.07, 6.45) is 8.39. The summed E-state index contributed by atoms with van der Waals surface area (Å²) in [7, 11) is 0. The highest BCUT2D eigenvalue weighted by Gasteiger charge is 2.65. The van der Waals surface area contributed by atoms with Crippen LogP contribution in [0.3, 0.4) is 0 Å². The fourth-order valence-electron chi connectivity index (χ4n) is 2.77. The van der Waals surface area contributed by atoms with E-state index in [0.717, 1.165) is 17.3 Å². The van der Waals surface area contributed by atoms with Gasteiger partial charge in [-0.15, -0.1) is 0 Å². The smallest absolute Gasteiger partial charge is 0.0574 e. The van der Waals surface area contributed by atoms with Crippen LogP contribution < -0.4 is 0 Å². The standard InChI is InChI=1S/C10H17/c1-8-9(2)10(8)6-4-3-5-7-10/h6,8-9H,3-5,7H2,1-2H3/q+1/t8-,9+,10?. The van der Waals surface area contributed by atoms with E-state index in [0.29, 0.717) is 0 Å². The van der Waals surface area contributed by atoms with Crippen LogP contribution in [0.15, 0.2) is 0 Å². The minimum absolute atomic E-state index is 0.720. The van der Waals surface area contributed by atoms with Gasteiger partial charge in [-0.25, -0.2) is 0 Å². The predicted molar refractivity (Wildman–Crippen MR) is 43.5 cm³/mol. The monoisotopic (exact) mass is 137 g/mol. The highest BCUT2D eigenvalue weighted by molar-refractivity contribution is 5.15. The van der Waals surface area contributed by atoms with Gasteiger partial charge in [-0.1, -0.05) is 13.8 Å². The first kappa shape index (κ1) is 6.57. The highest BCUT2D eigenvalue weighted by atomic mass is 14.6. The highest BCUT2D eigenvalue weighted by Crippen LogP contribution is 2.65. The van der Waals surface area contributed by atoms with Gasteiger partial charge in [0.15, 0.2) is 0 Å². The van der Waals surface area contributed by atoms with Crippen LogP contribution in [0.1, 0.15) is 39.5 Å². The first-order valence-electron chi connectivity index (χ1n) is 4.62. The molecule has 56 valence electrons. The average molecular weight is 137 g/mol. The maximum Gasteiger partial charge on any atom is 0.114 e. The predicted octanol–water partition coefficient (Wildman–Crippen LogP) is 3.04. The van der Waals surface area contributed by atoms with Gasteiger partial charge in [0.2, 0.25) is 0 Å². The molecule has 0 bridgehead atoms. The molecular formula is C10H17+. The van der Waals surface area contributed by atoms with Gasteiger partial charge < -0.3 is 0 Å². The van der Waals surface area contributed by atoms with E-state index in [2.05, 4.69) is 20.3 Å². The van der Waals surface area contributed by atoms with E-state index in [-0.39, 0.29) is 0 Å². The van der Waals surface area contributed by atoms with Gasteiger partial charge in [0.05, 0.1) is 12.8 Å². The van der Waals surface area contributed by atoms with Crippen molar-refractivity contribution >= 4 is 0 Å². The minimum Gasteiger partial charge on any atom is -0.0574 e. The van der Waals surface area contributed by atoms with Gasteiger partial charge in [-0.3, -0.25) is 0 Å². The van der Waals surface area contributed by atoms with Crippen molar-refractivity contribution in [2.75, 3.05) is 0 Å². The van der Waals surface area contributed by atoms with Crippen molar-refractivity contribution in [1.82, 2.24) is 0 Å². The fraction of sp³-hybridized carbons (Fsp3) is 0.900. The van der Waals surface area contributed by atoms with E-state index in [1.54, 1.807) is 0 Å². The Morgan fingerprint density at radius 2 is 1.90 bits per heavy atom. The largest absolute Gasteiger partial charge is 0.114 e. The summed E-state index contributed by atoms with van der Waals surface area (Å²) in [5, 5.41) is 0. The van der Waals surface area contributed by atoms with Crippen molar-refractivity contribution in [3.8, 4) is 0 Å². The molecule has 0 heterocycles. The molecule has 0 heteroatoms. The lowest BCUT2D eigenvalue weighted by Crippen LogP contribution is -2.10. The molecule has 2 aliphatic rings. The molecule has 0 amide bonds. The van der Waals surface area contributed by atoms with Crippen LogP contribution >= 0.6 is 0 Å². The summed E-state index contributed by atoms with van der Waals surface area (Å²) in [6.45, 7) is 4.82. The SMILES string of the molecule is C[C@@H]1[C@H](C)C12[CH+]CCCC2. The molecule has 2 rings (SSSR count). The van der Waals surface area contributed by atoms with Crippen molar-refractivity contribution in [2.45, 2.75) is 39.5 Å². The Kier molecular flexibility index (Phi) is 1.27. The second-order valence-electron chi connectivity index (χ2n) is 4.14. The summed E-state index contributed by atoms with van der Waals surface area (Å²) >= 11 is 0. The molecule has 0 radical (unpaired) electrons. The van der Waals surface area contributed by atoms with Gasteiger partial charge >= 0.3 is 0 Å². The second kappa shape index (κ2) is 1.93. The van der Waals surface area contributed by atoms with E-state index in [1.165, 1.54) is 25.7 Å². The Morgan fingerprint density at radius 3 is 2.20 bits per heavy atom. The van der Waals surface area contributed by atoms with Gasteiger partial charge in [0, 0.05) is 11.8 Å². The van der Waals surface area contributed by atoms with E-state index in [1.807, 2.05) is 0 Å². The summed E-state index contributed by atoms with van der Waals surface area (Å²) in [6, 6.07) is 0. The number of hydrogen-bond acceptors (Lipinski definition) is 0. The van der Waals surface area contributed by atoms with Gasteiger partial charge in [-0.2, -0.15) is 0 Å². The van der Waals surface area contributed by atoms with Crippen LogP contribution in [0, 0.1) is 23.7 Å². The van der Waals surface area contributed by atoms with Crippen molar-refractivity contribution in [2.24, 2.45) is 17.3 Å². The molecule has 3 atom stereocenters. The normalized spacial score (nSPS) is 52.6. The van der Waals surface area contributed by atoms with Gasteiger partial charge in [-0.05, 0) is 19.3 Å². The van der Waals surface area contributed by atoms with Crippen molar-refractivity contribution in [3.63, 3.8) is 0 Å². The number of hydrogen-bond donors (Lipinski definition) is 0. The topological polar surface area (TPSA) is 0 Å². The molecule has 0 aromatic heterocycles. The molecule has 2 fully saturated rings. The molecular weight excluding hydrogens is 120 g/mol. The van der Waals surface area contributed by atoms with Crippen LogP contribution in [0.2, 0.25) is 0 Å². The molecule has 2 saturated carbocycles. The quantitative estimate of drug-likeness (QED) is 0.450. The van der Waals surface area contributed by atoms with Crippen LogP contribution in [-0.4, -0.2) is 0 Å². The number of rotatable bonds is 0. The lowest BCUT2D eigenvalue weighted by Gasteiger charge is -2.13. The van der Waals surface area contributed by atoms with E-state index in [4.69, 9.17) is 0 Å². The lowest BCUT2D eigenvalue weighted by molar-refractivity contribution is 0.385. The first-order valence-corrected chi connectivity index (χ1v) is 4.62. The van der Waals surface area contributed by atoms with Crippen LogP contribution in [-0.2, 0) is 0 Å². The zero-order chi connectivity index (χ0) is 7.19. The van der Waals surface area contributed by atoms with Crippen molar-refractivity contribution in [3.05, 3.63) is 6.42 Å².